The first-order valence-electron chi connectivity index (χ1n) is 7.28. The van der Waals surface area contributed by atoms with Crippen molar-refractivity contribution >= 4 is 19.9 Å². The van der Waals surface area contributed by atoms with Crippen LogP contribution >= 0.6 is 0 Å². The summed E-state index contributed by atoms with van der Waals surface area (Å²) >= 11 is 0. The summed E-state index contributed by atoms with van der Waals surface area (Å²) in [6.07, 6.45) is 0.367. The third-order valence-electron chi connectivity index (χ3n) is 2.95. The Morgan fingerprint density at radius 2 is 1.52 bits per heavy atom. The van der Waals surface area contributed by atoms with Crippen LogP contribution in [0.5, 0.6) is 0 Å². The Hall–Kier alpha value is -0.960. The summed E-state index contributed by atoms with van der Waals surface area (Å²) in [4.78, 5) is 0. The highest BCUT2D eigenvalue weighted by molar-refractivity contribution is 7.91. The highest BCUT2D eigenvalue weighted by atomic mass is 32.2. The summed E-state index contributed by atoms with van der Waals surface area (Å²) in [5.74, 6) is -0.393. The highest BCUT2D eigenvalue weighted by Gasteiger charge is 2.12. The SMILES string of the molecule is CC(O)CNS(=O)(=O)CCCS(C)(=O)=O.Cc1ccccc1C. The van der Waals surface area contributed by atoms with Gasteiger partial charge in [0.25, 0.3) is 0 Å². The topological polar surface area (TPSA) is 101 Å². The molecule has 23 heavy (non-hydrogen) atoms. The van der Waals surface area contributed by atoms with Gasteiger partial charge in [-0.15, -0.1) is 0 Å². The minimum Gasteiger partial charge on any atom is -0.392 e. The van der Waals surface area contributed by atoms with Gasteiger partial charge in [-0.3, -0.25) is 0 Å². The van der Waals surface area contributed by atoms with Crippen LogP contribution in [0.25, 0.3) is 0 Å². The van der Waals surface area contributed by atoms with Gasteiger partial charge in [-0.2, -0.15) is 0 Å². The van der Waals surface area contributed by atoms with E-state index in [1.54, 1.807) is 0 Å². The van der Waals surface area contributed by atoms with E-state index >= 15 is 0 Å². The van der Waals surface area contributed by atoms with Crippen LogP contribution in [0.4, 0.5) is 0 Å². The molecule has 0 saturated carbocycles. The zero-order valence-corrected chi connectivity index (χ0v) is 15.7. The van der Waals surface area contributed by atoms with Crippen molar-refractivity contribution in [3.05, 3.63) is 35.4 Å². The van der Waals surface area contributed by atoms with Gasteiger partial charge < -0.3 is 5.11 Å². The minimum absolute atomic E-state index is 0.0544. The second kappa shape index (κ2) is 10.0. The van der Waals surface area contributed by atoms with Gasteiger partial charge >= 0.3 is 0 Å². The lowest BCUT2D eigenvalue weighted by molar-refractivity contribution is 0.198. The zero-order chi connectivity index (χ0) is 18.1. The summed E-state index contributed by atoms with van der Waals surface area (Å²) in [6, 6.07) is 8.36. The van der Waals surface area contributed by atoms with E-state index in [0.717, 1.165) is 6.26 Å². The Bertz CT molecular complexity index is 646. The quantitative estimate of drug-likeness (QED) is 0.751. The fourth-order valence-corrected chi connectivity index (χ4v) is 3.51. The van der Waals surface area contributed by atoms with Gasteiger partial charge in [-0.05, 0) is 38.3 Å². The second-order valence-electron chi connectivity index (χ2n) is 5.58. The maximum atomic E-state index is 11.2. The van der Waals surface area contributed by atoms with E-state index in [1.165, 1.54) is 18.1 Å². The molecule has 0 aromatic heterocycles. The average molecular weight is 366 g/mol. The molecule has 2 N–H and O–H groups in total. The molecule has 1 aromatic carbocycles. The van der Waals surface area contributed by atoms with E-state index < -0.39 is 26.0 Å². The lowest BCUT2D eigenvalue weighted by atomic mass is 10.1. The zero-order valence-electron chi connectivity index (χ0n) is 14.1. The fourth-order valence-electron chi connectivity index (χ4n) is 1.49. The monoisotopic (exact) mass is 365 g/mol. The van der Waals surface area contributed by atoms with Crippen molar-refractivity contribution in [2.75, 3.05) is 24.3 Å². The molecule has 1 aromatic rings. The van der Waals surface area contributed by atoms with Gasteiger partial charge in [-0.25, -0.2) is 21.6 Å². The fraction of sp³-hybridized carbons (Fsp3) is 0.600. The Labute approximate surface area is 139 Å². The van der Waals surface area contributed by atoms with Gasteiger partial charge in [0.15, 0.2) is 0 Å². The smallest absolute Gasteiger partial charge is 0.211 e. The molecule has 0 radical (unpaired) electrons. The van der Waals surface area contributed by atoms with Crippen molar-refractivity contribution in [2.24, 2.45) is 0 Å². The Morgan fingerprint density at radius 1 is 1.04 bits per heavy atom. The summed E-state index contributed by atoms with van der Waals surface area (Å²) in [7, 11) is -6.59. The molecule has 0 aliphatic rings. The molecule has 8 heteroatoms. The van der Waals surface area contributed by atoms with E-state index in [9.17, 15) is 16.8 Å². The van der Waals surface area contributed by atoms with Gasteiger partial charge in [0.05, 0.1) is 17.6 Å². The van der Waals surface area contributed by atoms with Gasteiger partial charge in [0.2, 0.25) is 10.0 Å². The van der Waals surface area contributed by atoms with E-state index in [2.05, 4.69) is 42.8 Å². The van der Waals surface area contributed by atoms with Crippen molar-refractivity contribution in [3.8, 4) is 0 Å². The van der Waals surface area contributed by atoms with Crippen molar-refractivity contribution in [2.45, 2.75) is 33.3 Å². The number of rotatable bonds is 7. The van der Waals surface area contributed by atoms with Crippen LogP contribution in [0.3, 0.4) is 0 Å². The third kappa shape index (κ3) is 13.2. The second-order valence-corrected chi connectivity index (χ2v) is 9.77. The van der Waals surface area contributed by atoms with Crippen LogP contribution < -0.4 is 4.72 Å². The maximum Gasteiger partial charge on any atom is 0.211 e. The molecule has 6 nitrogen and oxygen atoms in total. The molecule has 0 spiro atoms. The van der Waals surface area contributed by atoms with Gasteiger partial charge in [-0.1, -0.05) is 24.3 Å². The number of aryl methyl sites for hydroxylation is 2. The first kappa shape index (κ1) is 22.0. The first-order valence-corrected chi connectivity index (χ1v) is 11.0. The first-order chi connectivity index (χ1) is 10.4. The standard InChI is InChI=1S/C8H10.C7H17NO5S2/c1-7-5-3-4-6-8(7)2;1-7(9)6-8-15(12,13)5-3-4-14(2,10)11/h3-6H,1-2H3;7-9H,3-6H2,1-2H3. The molecule has 0 aliphatic carbocycles. The van der Waals surface area contributed by atoms with Gasteiger partial charge in [0.1, 0.15) is 9.84 Å². The minimum atomic E-state index is -3.47. The average Bonchev–Trinajstić information content (AvgIpc) is 2.39. The molecule has 0 aliphatic heterocycles. The summed E-state index contributed by atoms with van der Waals surface area (Å²) < 4.78 is 46.0. The lowest BCUT2D eigenvalue weighted by Crippen LogP contribution is -2.32. The lowest BCUT2D eigenvalue weighted by Gasteiger charge is -2.07. The van der Waals surface area contributed by atoms with Crippen molar-refractivity contribution in [3.63, 3.8) is 0 Å². The molecule has 0 saturated heterocycles. The number of benzene rings is 1. The number of sulfonamides is 1. The molecular formula is C15H27NO5S2. The summed E-state index contributed by atoms with van der Waals surface area (Å²) in [5.41, 5.74) is 2.74. The van der Waals surface area contributed by atoms with Crippen LogP contribution in [0.2, 0.25) is 0 Å². The van der Waals surface area contributed by atoms with Crippen molar-refractivity contribution in [1.29, 1.82) is 0 Å². The maximum absolute atomic E-state index is 11.2. The van der Waals surface area contributed by atoms with Crippen LogP contribution in [0, 0.1) is 13.8 Å². The Morgan fingerprint density at radius 3 is 1.87 bits per heavy atom. The molecular weight excluding hydrogens is 338 g/mol. The largest absolute Gasteiger partial charge is 0.392 e. The molecule has 0 heterocycles. The molecule has 1 unspecified atom stereocenters. The predicted molar refractivity (Wildman–Crippen MR) is 93.7 cm³/mol. The van der Waals surface area contributed by atoms with E-state index in [-0.39, 0.29) is 24.5 Å². The van der Waals surface area contributed by atoms with Crippen LogP contribution in [0.15, 0.2) is 24.3 Å². The number of aliphatic hydroxyl groups excluding tert-OH is 1. The summed E-state index contributed by atoms with van der Waals surface area (Å²) in [5, 5.41) is 8.85. The molecule has 1 rings (SSSR count). The third-order valence-corrected chi connectivity index (χ3v) is 5.42. The van der Waals surface area contributed by atoms with Crippen molar-refractivity contribution < 1.29 is 21.9 Å². The molecule has 0 bridgehead atoms. The Kier molecular flexibility index (Phi) is 9.60. The van der Waals surface area contributed by atoms with Crippen LogP contribution in [-0.2, 0) is 19.9 Å². The van der Waals surface area contributed by atoms with Crippen LogP contribution in [-0.4, -0.2) is 52.4 Å². The normalized spacial score (nSPS) is 13.1. The molecule has 134 valence electrons. The number of hydrogen-bond acceptors (Lipinski definition) is 5. The van der Waals surface area contributed by atoms with E-state index in [1.807, 2.05) is 0 Å². The van der Waals surface area contributed by atoms with Crippen molar-refractivity contribution in [1.82, 2.24) is 4.72 Å². The van der Waals surface area contributed by atoms with Gasteiger partial charge in [0, 0.05) is 12.8 Å². The van der Waals surface area contributed by atoms with E-state index in [4.69, 9.17) is 5.11 Å². The highest BCUT2D eigenvalue weighted by Crippen LogP contribution is 2.02. The number of nitrogens with one attached hydrogen (secondary N) is 1. The van der Waals surface area contributed by atoms with E-state index in [0.29, 0.717) is 0 Å². The molecule has 0 amide bonds. The number of aliphatic hydroxyl groups is 1. The molecule has 0 fully saturated rings. The number of hydrogen-bond donors (Lipinski definition) is 2. The van der Waals surface area contributed by atoms with Crippen LogP contribution in [0.1, 0.15) is 24.5 Å². The Balaban J connectivity index is 0.000000502. The number of sulfone groups is 1. The summed E-state index contributed by atoms with van der Waals surface area (Å²) in [6.45, 7) is 5.64. The predicted octanol–water partition coefficient (Wildman–Crippen LogP) is 1.02. The molecule has 1 atom stereocenters.